The first kappa shape index (κ1) is 13.2. The molecular weight excluding hydrogens is 243 g/mol. The Morgan fingerprint density at radius 1 is 1.16 bits per heavy atom. The zero-order valence-corrected chi connectivity index (χ0v) is 11.1. The molecule has 0 spiro atoms. The molecule has 3 nitrogen and oxygen atoms in total. The van der Waals surface area contributed by atoms with Gasteiger partial charge in [0.15, 0.2) is 0 Å². The number of hydrogen-bond donors (Lipinski definition) is 1. The number of nitrogens with two attached hydrogens (primary N) is 1. The van der Waals surface area contributed by atoms with Crippen molar-refractivity contribution in [2.24, 2.45) is 0 Å². The quantitative estimate of drug-likeness (QED) is 0.859. The first-order valence-corrected chi connectivity index (χ1v) is 6.00. The third-order valence-electron chi connectivity index (χ3n) is 2.83. The summed E-state index contributed by atoms with van der Waals surface area (Å²) in [7, 11) is 3.92. The summed E-state index contributed by atoms with van der Waals surface area (Å²) in [6.45, 7) is 0.250. The molecule has 2 aromatic carbocycles. The fourth-order valence-corrected chi connectivity index (χ4v) is 1.71. The van der Waals surface area contributed by atoms with Crippen LogP contribution < -0.4 is 15.4 Å². The molecule has 0 bridgehead atoms. The van der Waals surface area contributed by atoms with Crippen LogP contribution in [-0.2, 0) is 6.61 Å². The van der Waals surface area contributed by atoms with Crippen LogP contribution >= 0.6 is 0 Å². The second-order valence-electron chi connectivity index (χ2n) is 4.52. The number of rotatable bonds is 4. The standard InChI is InChI=1S/C15H17FN2O/c1-18(2)13-4-3-5-14(9-13)19-10-11-8-12(16)6-7-15(11)17/h3-9H,10,17H2,1-2H3. The predicted molar refractivity (Wildman–Crippen MR) is 75.9 cm³/mol. The van der Waals surface area contributed by atoms with Crippen LogP contribution in [0.15, 0.2) is 42.5 Å². The molecule has 0 fully saturated rings. The zero-order chi connectivity index (χ0) is 13.8. The summed E-state index contributed by atoms with van der Waals surface area (Å²) in [6.07, 6.45) is 0. The number of ether oxygens (including phenoxy) is 1. The minimum absolute atomic E-state index is 0.250. The van der Waals surface area contributed by atoms with Crippen molar-refractivity contribution in [3.05, 3.63) is 53.8 Å². The van der Waals surface area contributed by atoms with Crippen LogP contribution in [-0.4, -0.2) is 14.1 Å². The lowest BCUT2D eigenvalue weighted by Gasteiger charge is -2.14. The van der Waals surface area contributed by atoms with E-state index in [1.165, 1.54) is 12.1 Å². The number of anilines is 2. The number of nitrogen functional groups attached to an aromatic ring is 1. The summed E-state index contributed by atoms with van der Waals surface area (Å²) in [5, 5.41) is 0. The summed E-state index contributed by atoms with van der Waals surface area (Å²) >= 11 is 0. The average molecular weight is 260 g/mol. The number of nitrogens with zero attached hydrogens (tertiary/aromatic N) is 1. The molecule has 100 valence electrons. The molecule has 0 aliphatic rings. The molecule has 0 aliphatic heterocycles. The number of hydrogen-bond acceptors (Lipinski definition) is 3. The minimum Gasteiger partial charge on any atom is -0.489 e. The highest BCUT2D eigenvalue weighted by Crippen LogP contribution is 2.21. The first-order valence-electron chi connectivity index (χ1n) is 6.00. The van der Waals surface area contributed by atoms with Gasteiger partial charge in [-0.2, -0.15) is 0 Å². The second kappa shape index (κ2) is 5.61. The highest BCUT2D eigenvalue weighted by atomic mass is 19.1. The summed E-state index contributed by atoms with van der Waals surface area (Å²) in [6, 6.07) is 12.0. The van der Waals surface area contributed by atoms with Crippen molar-refractivity contribution in [1.29, 1.82) is 0 Å². The molecule has 0 amide bonds. The predicted octanol–water partition coefficient (Wildman–Crippen LogP) is 3.05. The van der Waals surface area contributed by atoms with E-state index in [2.05, 4.69) is 0 Å². The molecule has 0 atom stereocenters. The fraction of sp³-hybridized carbons (Fsp3) is 0.200. The van der Waals surface area contributed by atoms with Crippen molar-refractivity contribution in [2.75, 3.05) is 24.7 Å². The van der Waals surface area contributed by atoms with E-state index >= 15 is 0 Å². The molecule has 2 aromatic rings. The van der Waals surface area contributed by atoms with Gasteiger partial charge in [0.25, 0.3) is 0 Å². The van der Waals surface area contributed by atoms with E-state index in [-0.39, 0.29) is 12.4 Å². The monoisotopic (exact) mass is 260 g/mol. The summed E-state index contributed by atoms with van der Waals surface area (Å²) in [5.74, 6) is 0.421. The maximum atomic E-state index is 13.1. The van der Waals surface area contributed by atoms with Crippen molar-refractivity contribution in [3.63, 3.8) is 0 Å². The summed E-state index contributed by atoms with van der Waals surface area (Å²) in [4.78, 5) is 1.99. The molecular formula is C15H17FN2O. The smallest absolute Gasteiger partial charge is 0.123 e. The van der Waals surface area contributed by atoms with E-state index < -0.39 is 0 Å². The Balaban J connectivity index is 2.10. The van der Waals surface area contributed by atoms with Crippen molar-refractivity contribution >= 4 is 11.4 Å². The molecule has 0 aromatic heterocycles. The lowest BCUT2D eigenvalue weighted by molar-refractivity contribution is 0.306. The van der Waals surface area contributed by atoms with Crippen LogP contribution in [0.2, 0.25) is 0 Å². The van der Waals surface area contributed by atoms with Crippen LogP contribution in [0.5, 0.6) is 5.75 Å². The molecule has 0 aliphatic carbocycles. The summed E-state index contributed by atoms with van der Waals surface area (Å²) in [5.41, 5.74) is 8.00. The van der Waals surface area contributed by atoms with Gasteiger partial charge in [-0.05, 0) is 30.3 Å². The Morgan fingerprint density at radius 3 is 2.68 bits per heavy atom. The molecule has 2 N–H and O–H groups in total. The van der Waals surface area contributed by atoms with Gasteiger partial charge < -0.3 is 15.4 Å². The van der Waals surface area contributed by atoms with Crippen molar-refractivity contribution in [3.8, 4) is 5.75 Å². The van der Waals surface area contributed by atoms with Crippen LogP contribution in [0, 0.1) is 5.82 Å². The lowest BCUT2D eigenvalue weighted by Crippen LogP contribution is -2.08. The van der Waals surface area contributed by atoms with E-state index in [1.54, 1.807) is 6.07 Å². The van der Waals surface area contributed by atoms with Crippen molar-refractivity contribution < 1.29 is 9.13 Å². The molecule has 0 saturated heterocycles. The average Bonchev–Trinajstić information content (AvgIpc) is 2.40. The van der Waals surface area contributed by atoms with Crippen LogP contribution in [0.4, 0.5) is 15.8 Å². The maximum Gasteiger partial charge on any atom is 0.123 e. The largest absolute Gasteiger partial charge is 0.489 e. The third-order valence-corrected chi connectivity index (χ3v) is 2.83. The molecule has 0 saturated carbocycles. The van der Waals surface area contributed by atoms with Gasteiger partial charge in [-0.3, -0.25) is 0 Å². The van der Waals surface area contributed by atoms with Crippen molar-refractivity contribution in [2.45, 2.75) is 6.61 Å². The van der Waals surface area contributed by atoms with Crippen LogP contribution in [0.1, 0.15) is 5.56 Å². The summed E-state index contributed by atoms with van der Waals surface area (Å²) < 4.78 is 18.8. The Hall–Kier alpha value is -2.23. The maximum absolute atomic E-state index is 13.1. The second-order valence-corrected chi connectivity index (χ2v) is 4.52. The lowest BCUT2D eigenvalue weighted by atomic mass is 10.2. The van der Waals surface area contributed by atoms with Gasteiger partial charge in [0.05, 0.1) is 0 Å². The van der Waals surface area contributed by atoms with Gasteiger partial charge in [-0.25, -0.2) is 4.39 Å². The van der Waals surface area contributed by atoms with Gasteiger partial charge in [-0.15, -0.1) is 0 Å². The highest BCUT2D eigenvalue weighted by molar-refractivity contribution is 5.50. The van der Waals surface area contributed by atoms with Crippen LogP contribution in [0.25, 0.3) is 0 Å². The Morgan fingerprint density at radius 2 is 1.95 bits per heavy atom. The van der Waals surface area contributed by atoms with E-state index in [0.717, 1.165) is 11.4 Å². The Bertz CT molecular complexity index is 570. The molecule has 0 unspecified atom stereocenters. The molecule has 4 heteroatoms. The third kappa shape index (κ3) is 3.37. The zero-order valence-electron chi connectivity index (χ0n) is 11.1. The Labute approximate surface area is 112 Å². The number of benzene rings is 2. The first-order chi connectivity index (χ1) is 9.06. The van der Waals surface area contributed by atoms with E-state index in [9.17, 15) is 4.39 Å². The van der Waals surface area contributed by atoms with E-state index in [1.807, 2.05) is 43.3 Å². The van der Waals surface area contributed by atoms with E-state index in [0.29, 0.717) is 11.3 Å². The van der Waals surface area contributed by atoms with Crippen LogP contribution in [0.3, 0.4) is 0 Å². The minimum atomic E-state index is -0.310. The molecule has 0 heterocycles. The Kier molecular flexibility index (Phi) is 3.90. The molecule has 0 radical (unpaired) electrons. The molecule has 19 heavy (non-hydrogen) atoms. The highest BCUT2D eigenvalue weighted by Gasteiger charge is 2.03. The normalized spacial score (nSPS) is 10.3. The fourth-order valence-electron chi connectivity index (χ4n) is 1.71. The van der Waals surface area contributed by atoms with Crippen molar-refractivity contribution in [1.82, 2.24) is 0 Å². The van der Waals surface area contributed by atoms with Gasteiger partial charge in [0.1, 0.15) is 18.2 Å². The SMILES string of the molecule is CN(C)c1cccc(OCc2cc(F)ccc2N)c1. The van der Waals surface area contributed by atoms with Gasteiger partial charge in [-0.1, -0.05) is 6.07 Å². The van der Waals surface area contributed by atoms with E-state index in [4.69, 9.17) is 10.5 Å². The van der Waals surface area contributed by atoms with Gasteiger partial charge >= 0.3 is 0 Å². The van der Waals surface area contributed by atoms with Gasteiger partial charge in [0.2, 0.25) is 0 Å². The van der Waals surface area contributed by atoms with Gasteiger partial charge in [0, 0.05) is 37.1 Å². The molecule has 2 rings (SSSR count). The number of halogens is 1. The topological polar surface area (TPSA) is 38.5 Å².